The van der Waals surface area contributed by atoms with Crippen LogP contribution in [0, 0.1) is 0 Å². The van der Waals surface area contributed by atoms with Crippen molar-refractivity contribution in [3.63, 3.8) is 0 Å². The highest BCUT2D eigenvalue weighted by molar-refractivity contribution is 5.95. The van der Waals surface area contributed by atoms with E-state index in [1.54, 1.807) is 4.90 Å². The Hall–Kier alpha value is -1.55. The van der Waals surface area contributed by atoms with Crippen LogP contribution in [-0.4, -0.2) is 44.3 Å². The van der Waals surface area contributed by atoms with Crippen LogP contribution in [0.15, 0.2) is 24.3 Å². The van der Waals surface area contributed by atoms with Crippen LogP contribution in [0.5, 0.6) is 0 Å². The molecule has 0 radical (unpaired) electrons. The van der Waals surface area contributed by atoms with Gasteiger partial charge in [-0.3, -0.25) is 4.79 Å². The molecule has 1 saturated heterocycles. The van der Waals surface area contributed by atoms with Crippen molar-refractivity contribution in [2.24, 2.45) is 0 Å². The second-order valence-electron chi connectivity index (χ2n) is 4.41. The van der Waals surface area contributed by atoms with Crippen LogP contribution in [0.25, 0.3) is 0 Å². The van der Waals surface area contributed by atoms with E-state index in [1.807, 2.05) is 50.2 Å². The first-order chi connectivity index (χ1) is 8.09. The monoisotopic (exact) mass is 234 g/mol. The molecule has 0 N–H and O–H groups in total. The predicted molar refractivity (Wildman–Crippen MR) is 67.2 cm³/mol. The molecule has 1 aromatic rings. The van der Waals surface area contributed by atoms with Gasteiger partial charge in [-0.2, -0.15) is 0 Å². The Kier molecular flexibility index (Phi) is 3.33. The minimum Gasteiger partial charge on any atom is -0.378 e. The summed E-state index contributed by atoms with van der Waals surface area (Å²) in [6.45, 7) is 3.20. The summed E-state index contributed by atoms with van der Waals surface area (Å²) in [7, 11) is 3.93. The summed E-state index contributed by atoms with van der Waals surface area (Å²) in [5, 5.41) is 0. The van der Waals surface area contributed by atoms with E-state index in [0.29, 0.717) is 18.7 Å². The highest BCUT2D eigenvalue weighted by Crippen LogP contribution is 2.18. The standard InChI is InChI=1S/C13H18N2O2/c1-10-15(7-8-17-10)13(16)11-5-4-6-12(9-11)14(2)3/h4-6,9-10H,7-8H2,1-3H3. The topological polar surface area (TPSA) is 32.8 Å². The van der Waals surface area contributed by atoms with Gasteiger partial charge in [0.25, 0.3) is 5.91 Å². The van der Waals surface area contributed by atoms with Crippen molar-refractivity contribution in [3.8, 4) is 0 Å². The third-order valence-electron chi connectivity index (χ3n) is 3.00. The van der Waals surface area contributed by atoms with Crippen LogP contribution in [0.4, 0.5) is 5.69 Å². The first-order valence-corrected chi connectivity index (χ1v) is 5.79. The molecule has 17 heavy (non-hydrogen) atoms. The zero-order chi connectivity index (χ0) is 12.4. The molecule has 1 unspecified atom stereocenters. The Balaban J connectivity index is 2.21. The molecule has 0 aliphatic carbocycles. The fraction of sp³-hybridized carbons (Fsp3) is 0.462. The van der Waals surface area contributed by atoms with Gasteiger partial charge in [-0.25, -0.2) is 0 Å². The smallest absolute Gasteiger partial charge is 0.256 e. The Labute approximate surface area is 102 Å². The molecular formula is C13H18N2O2. The van der Waals surface area contributed by atoms with E-state index in [2.05, 4.69) is 0 Å². The molecule has 4 heteroatoms. The van der Waals surface area contributed by atoms with Crippen molar-refractivity contribution >= 4 is 11.6 Å². The molecule has 2 rings (SSSR count). The second kappa shape index (κ2) is 4.75. The Morgan fingerprint density at radius 1 is 1.47 bits per heavy atom. The fourth-order valence-electron chi connectivity index (χ4n) is 1.94. The summed E-state index contributed by atoms with van der Waals surface area (Å²) in [5.74, 6) is 0.0405. The lowest BCUT2D eigenvalue weighted by molar-refractivity contribution is 0.0378. The van der Waals surface area contributed by atoms with Crippen LogP contribution in [-0.2, 0) is 4.74 Å². The summed E-state index contributed by atoms with van der Waals surface area (Å²) in [4.78, 5) is 16.0. The predicted octanol–water partition coefficient (Wildman–Crippen LogP) is 1.57. The number of nitrogens with zero attached hydrogens (tertiary/aromatic N) is 2. The number of rotatable bonds is 2. The molecule has 0 saturated carbocycles. The maximum absolute atomic E-state index is 12.3. The third-order valence-corrected chi connectivity index (χ3v) is 3.00. The average molecular weight is 234 g/mol. The second-order valence-corrected chi connectivity index (χ2v) is 4.41. The minimum absolute atomic E-state index is 0.0405. The van der Waals surface area contributed by atoms with Gasteiger partial charge in [-0.15, -0.1) is 0 Å². The lowest BCUT2D eigenvalue weighted by Crippen LogP contribution is -2.34. The van der Waals surface area contributed by atoms with E-state index in [1.165, 1.54) is 0 Å². The number of carbonyl (C=O) groups excluding carboxylic acids is 1. The van der Waals surface area contributed by atoms with E-state index >= 15 is 0 Å². The van der Waals surface area contributed by atoms with Crippen molar-refractivity contribution in [2.45, 2.75) is 13.2 Å². The summed E-state index contributed by atoms with van der Waals surface area (Å²) in [6.07, 6.45) is -0.120. The van der Waals surface area contributed by atoms with Gasteiger partial charge < -0.3 is 14.5 Å². The van der Waals surface area contributed by atoms with Gasteiger partial charge in [-0.1, -0.05) is 6.07 Å². The van der Waals surface area contributed by atoms with Crippen LogP contribution >= 0.6 is 0 Å². The highest BCUT2D eigenvalue weighted by Gasteiger charge is 2.26. The fourth-order valence-corrected chi connectivity index (χ4v) is 1.94. The first kappa shape index (κ1) is 11.9. The molecule has 0 spiro atoms. The average Bonchev–Trinajstić information content (AvgIpc) is 2.74. The molecule has 1 heterocycles. The van der Waals surface area contributed by atoms with Crippen LogP contribution in [0.2, 0.25) is 0 Å². The number of anilines is 1. The maximum atomic E-state index is 12.3. The minimum atomic E-state index is -0.120. The SMILES string of the molecule is CC1OCCN1C(=O)c1cccc(N(C)C)c1. The van der Waals surface area contributed by atoms with E-state index in [4.69, 9.17) is 4.74 Å². The number of amides is 1. The van der Waals surface area contributed by atoms with Gasteiger partial charge in [0.1, 0.15) is 6.23 Å². The molecule has 1 amide bonds. The Morgan fingerprint density at radius 3 is 2.82 bits per heavy atom. The van der Waals surface area contributed by atoms with Crippen molar-refractivity contribution < 1.29 is 9.53 Å². The molecule has 4 nitrogen and oxygen atoms in total. The molecule has 92 valence electrons. The van der Waals surface area contributed by atoms with Gasteiger partial charge in [0.2, 0.25) is 0 Å². The van der Waals surface area contributed by atoms with Crippen molar-refractivity contribution in [1.29, 1.82) is 0 Å². The highest BCUT2D eigenvalue weighted by atomic mass is 16.5. The zero-order valence-corrected chi connectivity index (χ0v) is 10.5. The zero-order valence-electron chi connectivity index (χ0n) is 10.5. The number of benzene rings is 1. The number of hydrogen-bond acceptors (Lipinski definition) is 3. The summed E-state index contributed by atoms with van der Waals surface area (Å²) < 4.78 is 5.38. The van der Waals surface area contributed by atoms with Gasteiger partial charge in [0.05, 0.1) is 6.61 Å². The van der Waals surface area contributed by atoms with E-state index in [9.17, 15) is 4.79 Å². The van der Waals surface area contributed by atoms with Gasteiger partial charge in [-0.05, 0) is 25.1 Å². The molecule has 0 aromatic heterocycles. The van der Waals surface area contributed by atoms with Crippen LogP contribution < -0.4 is 4.90 Å². The van der Waals surface area contributed by atoms with Crippen molar-refractivity contribution in [2.75, 3.05) is 32.1 Å². The molecule has 1 fully saturated rings. The van der Waals surface area contributed by atoms with E-state index in [-0.39, 0.29) is 12.1 Å². The maximum Gasteiger partial charge on any atom is 0.256 e. The lowest BCUT2D eigenvalue weighted by atomic mass is 10.1. The quantitative estimate of drug-likeness (QED) is 0.778. The van der Waals surface area contributed by atoms with Gasteiger partial charge in [0, 0.05) is 31.9 Å². The molecule has 1 aliphatic rings. The van der Waals surface area contributed by atoms with Crippen molar-refractivity contribution in [1.82, 2.24) is 4.90 Å². The van der Waals surface area contributed by atoms with Crippen molar-refractivity contribution in [3.05, 3.63) is 29.8 Å². The number of carbonyl (C=O) groups is 1. The first-order valence-electron chi connectivity index (χ1n) is 5.79. The van der Waals surface area contributed by atoms with Crippen LogP contribution in [0.1, 0.15) is 17.3 Å². The molecule has 1 atom stereocenters. The number of hydrogen-bond donors (Lipinski definition) is 0. The largest absolute Gasteiger partial charge is 0.378 e. The Morgan fingerprint density at radius 2 is 2.24 bits per heavy atom. The molecule has 1 aliphatic heterocycles. The third kappa shape index (κ3) is 2.42. The van der Waals surface area contributed by atoms with E-state index in [0.717, 1.165) is 5.69 Å². The molecule has 0 bridgehead atoms. The molecular weight excluding hydrogens is 216 g/mol. The Bertz CT molecular complexity index is 418. The number of ether oxygens (including phenoxy) is 1. The lowest BCUT2D eigenvalue weighted by Gasteiger charge is -2.20. The summed E-state index contributed by atoms with van der Waals surface area (Å²) >= 11 is 0. The van der Waals surface area contributed by atoms with Crippen LogP contribution in [0.3, 0.4) is 0 Å². The van der Waals surface area contributed by atoms with E-state index < -0.39 is 0 Å². The normalized spacial score (nSPS) is 19.5. The molecule has 1 aromatic carbocycles. The summed E-state index contributed by atoms with van der Waals surface area (Å²) in [6, 6.07) is 7.65. The van der Waals surface area contributed by atoms with Gasteiger partial charge >= 0.3 is 0 Å². The van der Waals surface area contributed by atoms with Gasteiger partial charge in [0.15, 0.2) is 0 Å². The summed E-state index contributed by atoms with van der Waals surface area (Å²) in [5.41, 5.74) is 1.75.